The van der Waals surface area contributed by atoms with Gasteiger partial charge in [0.2, 0.25) is 23.6 Å². The molecule has 0 aromatic rings. The van der Waals surface area contributed by atoms with Gasteiger partial charge in [-0.15, -0.1) is 0 Å². The molecule has 0 rings (SSSR count). The fourth-order valence-corrected chi connectivity index (χ4v) is 3.23. The van der Waals surface area contributed by atoms with E-state index in [4.69, 9.17) is 28.0 Å². The molecule has 0 heterocycles. The lowest BCUT2D eigenvalue weighted by atomic mass is 9.96. The van der Waals surface area contributed by atoms with E-state index < -0.39 is 72.1 Å². The van der Waals surface area contributed by atoms with Gasteiger partial charge in [-0.1, -0.05) is 20.3 Å². The molecular formula is C22H40N8O8. The fourth-order valence-electron chi connectivity index (χ4n) is 3.23. The van der Waals surface area contributed by atoms with Crippen LogP contribution in [0.2, 0.25) is 0 Å². The van der Waals surface area contributed by atoms with E-state index in [-0.39, 0.29) is 38.2 Å². The largest absolute Gasteiger partial charge is 0.481 e. The summed E-state index contributed by atoms with van der Waals surface area (Å²) in [6.07, 6.45) is -0.412. The zero-order chi connectivity index (χ0) is 29.4. The van der Waals surface area contributed by atoms with E-state index in [2.05, 4.69) is 20.9 Å². The summed E-state index contributed by atoms with van der Waals surface area (Å²) in [7, 11) is 0. The summed E-state index contributed by atoms with van der Waals surface area (Å²) in [5.41, 5.74) is 21.4. The smallest absolute Gasteiger partial charge is 0.326 e. The molecule has 0 spiro atoms. The van der Waals surface area contributed by atoms with E-state index in [1.807, 2.05) is 0 Å². The lowest BCUT2D eigenvalue weighted by molar-refractivity contribution is -0.143. The van der Waals surface area contributed by atoms with E-state index in [0.717, 1.165) is 0 Å². The molecule has 0 aliphatic carbocycles. The van der Waals surface area contributed by atoms with Gasteiger partial charge in [-0.25, -0.2) is 4.79 Å². The van der Waals surface area contributed by atoms with Crippen molar-refractivity contribution >= 4 is 41.5 Å². The summed E-state index contributed by atoms with van der Waals surface area (Å²) in [5, 5.41) is 25.5. The summed E-state index contributed by atoms with van der Waals surface area (Å²) in [6.45, 7) is 3.72. The minimum Gasteiger partial charge on any atom is -0.481 e. The number of amides is 4. The van der Waals surface area contributed by atoms with Crippen LogP contribution in [-0.4, -0.2) is 82.5 Å². The van der Waals surface area contributed by atoms with Crippen LogP contribution >= 0.6 is 0 Å². The number of guanidine groups is 1. The number of primary amides is 1. The standard InChI is InChI=1S/C22H40N8O8/c1-3-11(2)17(30-18(34)12(23)5-4-10-27-22(25)26)20(36)28-13(7-9-16(32)33)19(35)29-14(21(37)38)6-8-15(24)31/h11-14,17H,3-10,23H2,1-2H3,(H2,24,31)(H,28,36)(H,29,35)(H,30,34)(H,32,33)(H,37,38)(H4,25,26,27). The average Bonchev–Trinajstić information content (AvgIpc) is 2.83. The molecule has 38 heavy (non-hydrogen) atoms. The Morgan fingerprint density at radius 2 is 1.39 bits per heavy atom. The summed E-state index contributed by atoms with van der Waals surface area (Å²) in [5.74, 6) is -6.35. The molecule has 0 aromatic carbocycles. The minimum absolute atomic E-state index is 0.0967. The quantitative estimate of drug-likeness (QED) is 0.0450. The molecule has 0 aliphatic heterocycles. The van der Waals surface area contributed by atoms with Gasteiger partial charge in [0.05, 0.1) is 6.04 Å². The number of rotatable bonds is 19. The van der Waals surface area contributed by atoms with Gasteiger partial charge in [-0.2, -0.15) is 0 Å². The summed E-state index contributed by atoms with van der Waals surface area (Å²) < 4.78 is 0. The molecule has 0 aliphatic rings. The number of carbonyl (C=O) groups excluding carboxylic acids is 4. The molecular weight excluding hydrogens is 504 g/mol. The third kappa shape index (κ3) is 14.0. The van der Waals surface area contributed by atoms with Crippen LogP contribution in [0, 0.1) is 5.92 Å². The van der Waals surface area contributed by atoms with Crippen molar-refractivity contribution in [2.75, 3.05) is 6.54 Å². The van der Waals surface area contributed by atoms with Crippen molar-refractivity contribution in [3.63, 3.8) is 0 Å². The maximum Gasteiger partial charge on any atom is 0.326 e. The summed E-state index contributed by atoms with van der Waals surface area (Å²) in [6, 6.07) is -5.04. The van der Waals surface area contributed by atoms with Gasteiger partial charge in [0.25, 0.3) is 0 Å². The Morgan fingerprint density at radius 1 is 0.816 bits per heavy atom. The Bertz CT molecular complexity index is 877. The number of carbonyl (C=O) groups is 6. The van der Waals surface area contributed by atoms with Gasteiger partial charge in [0, 0.05) is 19.4 Å². The lowest BCUT2D eigenvalue weighted by Crippen LogP contribution is -2.58. The van der Waals surface area contributed by atoms with Gasteiger partial charge in [-0.3, -0.25) is 29.0 Å². The predicted octanol–water partition coefficient (Wildman–Crippen LogP) is -2.92. The predicted molar refractivity (Wildman–Crippen MR) is 136 cm³/mol. The second kappa shape index (κ2) is 17.5. The first-order valence-electron chi connectivity index (χ1n) is 12.1. The van der Waals surface area contributed by atoms with Gasteiger partial charge < -0.3 is 49.1 Å². The zero-order valence-electron chi connectivity index (χ0n) is 21.6. The number of aliphatic imine (C=N–C) groups is 1. The Kier molecular flexibility index (Phi) is 15.7. The molecule has 0 aromatic heterocycles. The number of hydrogen-bond donors (Lipinski definition) is 9. The monoisotopic (exact) mass is 544 g/mol. The Labute approximate surface area is 220 Å². The van der Waals surface area contributed by atoms with Gasteiger partial charge >= 0.3 is 11.9 Å². The zero-order valence-corrected chi connectivity index (χ0v) is 21.6. The van der Waals surface area contributed by atoms with Crippen molar-refractivity contribution in [2.24, 2.45) is 33.8 Å². The van der Waals surface area contributed by atoms with E-state index in [9.17, 15) is 33.9 Å². The third-order valence-electron chi connectivity index (χ3n) is 5.67. The normalized spacial score (nSPS) is 14.6. The van der Waals surface area contributed by atoms with Crippen molar-refractivity contribution in [1.29, 1.82) is 0 Å². The first-order valence-corrected chi connectivity index (χ1v) is 12.1. The highest BCUT2D eigenvalue weighted by Crippen LogP contribution is 2.11. The molecule has 0 bridgehead atoms. The number of hydrogen-bond acceptors (Lipinski definition) is 8. The first-order chi connectivity index (χ1) is 17.7. The van der Waals surface area contributed by atoms with Crippen LogP contribution in [0.15, 0.2) is 4.99 Å². The second-order valence-electron chi connectivity index (χ2n) is 8.83. The molecule has 5 unspecified atom stereocenters. The molecule has 0 fully saturated rings. The van der Waals surface area contributed by atoms with E-state index in [1.165, 1.54) is 0 Å². The van der Waals surface area contributed by atoms with E-state index in [0.29, 0.717) is 12.8 Å². The second-order valence-corrected chi connectivity index (χ2v) is 8.83. The Morgan fingerprint density at radius 3 is 1.89 bits per heavy atom. The SMILES string of the molecule is CCC(C)C(NC(=O)C(N)CCCN=C(N)N)C(=O)NC(CCC(=O)O)C(=O)NC(CCC(N)=O)C(=O)O. The van der Waals surface area contributed by atoms with Crippen LogP contribution in [0.1, 0.15) is 58.8 Å². The van der Waals surface area contributed by atoms with Crippen LogP contribution in [0.25, 0.3) is 0 Å². The molecule has 4 amide bonds. The minimum atomic E-state index is -1.50. The lowest BCUT2D eigenvalue weighted by Gasteiger charge is -2.28. The van der Waals surface area contributed by atoms with Crippen LogP contribution in [0.5, 0.6) is 0 Å². The Balaban J connectivity index is 5.55. The highest BCUT2D eigenvalue weighted by molar-refractivity contribution is 5.94. The molecule has 216 valence electrons. The highest BCUT2D eigenvalue weighted by atomic mass is 16.4. The number of nitrogens with two attached hydrogens (primary N) is 4. The number of carboxylic acids is 2. The van der Waals surface area contributed by atoms with Gasteiger partial charge in [0.15, 0.2) is 5.96 Å². The summed E-state index contributed by atoms with van der Waals surface area (Å²) in [4.78, 5) is 75.9. The maximum atomic E-state index is 13.1. The molecule has 5 atom stereocenters. The number of carboxylic acid groups (broad SMARTS) is 2. The third-order valence-corrected chi connectivity index (χ3v) is 5.67. The van der Waals surface area contributed by atoms with Crippen LogP contribution in [0.4, 0.5) is 0 Å². The first kappa shape index (κ1) is 34.0. The van der Waals surface area contributed by atoms with Crippen molar-refractivity contribution in [3.05, 3.63) is 0 Å². The van der Waals surface area contributed by atoms with Crippen molar-refractivity contribution in [2.45, 2.75) is 83.0 Å². The fraction of sp³-hybridized carbons (Fsp3) is 0.682. The van der Waals surface area contributed by atoms with Crippen molar-refractivity contribution in [1.82, 2.24) is 16.0 Å². The van der Waals surface area contributed by atoms with Gasteiger partial charge in [-0.05, 0) is 31.6 Å². The number of nitrogens with zero attached hydrogens (tertiary/aromatic N) is 1. The summed E-state index contributed by atoms with van der Waals surface area (Å²) >= 11 is 0. The van der Waals surface area contributed by atoms with Crippen LogP contribution < -0.4 is 38.9 Å². The topological polar surface area (TPSA) is 295 Å². The maximum absolute atomic E-state index is 13.1. The molecule has 13 N–H and O–H groups in total. The molecule has 16 heteroatoms. The van der Waals surface area contributed by atoms with Crippen LogP contribution in [0.3, 0.4) is 0 Å². The highest BCUT2D eigenvalue weighted by Gasteiger charge is 2.32. The van der Waals surface area contributed by atoms with Crippen molar-refractivity contribution < 1.29 is 39.0 Å². The van der Waals surface area contributed by atoms with Crippen molar-refractivity contribution in [3.8, 4) is 0 Å². The Hall–Kier alpha value is -3.95. The molecule has 16 nitrogen and oxygen atoms in total. The molecule has 0 saturated carbocycles. The van der Waals surface area contributed by atoms with E-state index >= 15 is 0 Å². The van der Waals surface area contributed by atoms with E-state index in [1.54, 1.807) is 13.8 Å². The molecule has 0 radical (unpaired) electrons. The van der Waals surface area contributed by atoms with Gasteiger partial charge in [0.1, 0.15) is 18.1 Å². The number of aliphatic carboxylic acids is 2. The molecule has 0 saturated heterocycles. The van der Waals surface area contributed by atoms with Crippen LogP contribution in [-0.2, 0) is 28.8 Å². The number of nitrogens with one attached hydrogen (secondary N) is 3. The average molecular weight is 545 g/mol.